The van der Waals surface area contributed by atoms with Crippen LogP contribution in [-0.2, 0) is 25.9 Å². The molecule has 1 saturated heterocycles. The zero-order chi connectivity index (χ0) is 27.9. The monoisotopic (exact) mass is 561 g/mol. The predicted molar refractivity (Wildman–Crippen MR) is 166 cm³/mol. The summed E-state index contributed by atoms with van der Waals surface area (Å²) in [4.78, 5) is 18.3. The SMILES string of the molecule is Cc1c(Cc2nccc3cc(CN4CC[C@@H](O)C4)cnc23)cccc1-c1cccc(-c2nc3c(s2)CNCC3)c1C. The minimum atomic E-state index is -0.209. The second kappa shape index (κ2) is 11.1. The van der Waals surface area contributed by atoms with Crippen LogP contribution in [-0.4, -0.2) is 50.7 Å². The molecule has 0 radical (unpaired) electrons. The maximum Gasteiger partial charge on any atom is 0.124 e. The average molecular weight is 562 g/mol. The Bertz CT molecular complexity index is 1720. The lowest BCUT2D eigenvalue weighted by atomic mass is 9.90. The van der Waals surface area contributed by atoms with Gasteiger partial charge in [0.25, 0.3) is 0 Å². The molecule has 41 heavy (non-hydrogen) atoms. The molecule has 2 aromatic carbocycles. The first-order valence-corrected chi connectivity index (χ1v) is 15.4. The number of nitrogens with one attached hydrogen (secondary N) is 1. The lowest BCUT2D eigenvalue weighted by Gasteiger charge is -2.16. The molecule has 0 amide bonds. The zero-order valence-electron chi connectivity index (χ0n) is 23.7. The molecular weight excluding hydrogens is 526 g/mol. The van der Waals surface area contributed by atoms with E-state index in [4.69, 9.17) is 15.0 Å². The van der Waals surface area contributed by atoms with Gasteiger partial charge in [-0.15, -0.1) is 11.3 Å². The molecule has 5 aromatic rings. The van der Waals surface area contributed by atoms with Gasteiger partial charge < -0.3 is 10.4 Å². The molecule has 7 heteroatoms. The molecule has 5 heterocycles. The van der Waals surface area contributed by atoms with Crippen molar-refractivity contribution in [2.75, 3.05) is 19.6 Å². The van der Waals surface area contributed by atoms with E-state index in [0.717, 1.165) is 73.6 Å². The summed E-state index contributed by atoms with van der Waals surface area (Å²) in [7, 11) is 0. The summed E-state index contributed by atoms with van der Waals surface area (Å²) in [6, 6.07) is 17.5. The predicted octanol–water partition coefficient (Wildman–Crippen LogP) is 5.84. The van der Waals surface area contributed by atoms with Crippen molar-refractivity contribution in [2.24, 2.45) is 0 Å². The molecule has 7 rings (SSSR count). The number of fused-ring (bicyclic) bond motifs is 2. The number of aliphatic hydroxyl groups excluding tert-OH is 1. The number of hydrogen-bond acceptors (Lipinski definition) is 7. The fourth-order valence-corrected chi connectivity index (χ4v) is 7.50. The third kappa shape index (κ3) is 5.19. The van der Waals surface area contributed by atoms with Crippen LogP contribution in [0.5, 0.6) is 0 Å². The van der Waals surface area contributed by atoms with E-state index in [1.165, 1.54) is 49.5 Å². The van der Waals surface area contributed by atoms with Crippen LogP contribution < -0.4 is 5.32 Å². The van der Waals surface area contributed by atoms with Gasteiger partial charge >= 0.3 is 0 Å². The molecule has 1 atom stereocenters. The number of likely N-dealkylation sites (tertiary alicyclic amines) is 1. The van der Waals surface area contributed by atoms with Crippen molar-refractivity contribution in [1.29, 1.82) is 0 Å². The summed E-state index contributed by atoms with van der Waals surface area (Å²) in [5.41, 5.74) is 11.9. The molecule has 0 spiro atoms. The molecule has 208 valence electrons. The van der Waals surface area contributed by atoms with E-state index in [2.05, 4.69) is 72.6 Å². The van der Waals surface area contributed by atoms with E-state index >= 15 is 0 Å². The van der Waals surface area contributed by atoms with Gasteiger partial charge in [-0.2, -0.15) is 0 Å². The summed E-state index contributed by atoms with van der Waals surface area (Å²) in [5, 5.41) is 15.6. The fraction of sp³-hybridized carbons (Fsp3) is 0.324. The van der Waals surface area contributed by atoms with Gasteiger partial charge in [-0.1, -0.05) is 36.4 Å². The third-order valence-electron chi connectivity index (χ3n) is 8.65. The molecule has 3 aromatic heterocycles. The van der Waals surface area contributed by atoms with E-state index < -0.39 is 0 Å². The number of rotatable bonds is 6. The van der Waals surface area contributed by atoms with Gasteiger partial charge in [0.2, 0.25) is 0 Å². The minimum Gasteiger partial charge on any atom is -0.392 e. The van der Waals surface area contributed by atoms with Crippen LogP contribution in [0, 0.1) is 13.8 Å². The number of β-amino-alcohol motifs (C(OH)–C–C–N with tert-alkyl or cyclic N) is 1. The van der Waals surface area contributed by atoms with Gasteiger partial charge in [0.15, 0.2) is 0 Å². The van der Waals surface area contributed by atoms with Gasteiger partial charge in [0.1, 0.15) is 5.01 Å². The Morgan fingerprint density at radius 2 is 1.85 bits per heavy atom. The molecule has 0 aliphatic carbocycles. The maximum absolute atomic E-state index is 9.88. The Balaban J connectivity index is 1.18. The molecule has 2 aliphatic rings. The quantitative estimate of drug-likeness (QED) is 0.271. The second-order valence-corrected chi connectivity index (χ2v) is 12.5. The Hall–Kier alpha value is -3.49. The molecule has 0 bridgehead atoms. The van der Waals surface area contributed by atoms with E-state index in [9.17, 15) is 5.11 Å². The molecule has 2 N–H and O–H groups in total. The van der Waals surface area contributed by atoms with Crippen molar-refractivity contribution in [2.45, 2.75) is 52.3 Å². The topological polar surface area (TPSA) is 74.2 Å². The summed E-state index contributed by atoms with van der Waals surface area (Å²) >= 11 is 1.82. The molecule has 0 unspecified atom stereocenters. The summed E-state index contributed by atoms with van der Waals surface area (Å²) < 4.78 is 0. The van der Waals surface area contributed by atoms with Gasteiger partial charge in [0.05, 0.1) is 23.0 Å². The third-order valence-corrected chi connectivity index (χ3v) is 9.78. The molecular formula is C34H35N5OS. The van der Waals surface area contributed by atoms with Gasteiger partial charge in [-0.25, -0.2) is 4.98 Å². The maximum atomic E-state index is 9.88. The Morgan fingerprint density at radius 1 is 1.02 bits per heavy atom. The number of benzene rings is 2. The van der Waals surface area contributed by atoms with Crippen LogP contribution in [0.2, 0.25) is 0 Å². The summed E-state index contributed by atoms with van der Waals surface area (Å²) in [6.07, 6.45) is 6.25. The highest BCUT2D eigenvalue weighted by Crippen LogP contribution is 2.37. The second-order valence-electron chi connectivity index (χ2n) is 11.4. The highest BCUT2D eigenvalue weighted by molar-refractivity contribution is 7.15. The summed E-state index contributed by atoms with van der Waals surface area (Å²) in [6.45, 7) is 8.87. The first-order valence-electron chi connectivity index (χ1n) is 14.5. The number of aliphatic hydroxyl groups is 1. The van der Waals surface area contributed by atoms with Crippen molar-refractivity contribution < 1.29 is 5.11 Å². The van der Waals surface area contributed by atoms with Gasteiger partial charge in [-0.05, 0) is 65.8 Å². The van der Waals surface area contributed by atoms with E-state index in [1.54, 1.807) is 0 Å². The van der Waals surface area contributed by atoms with Gasteiger partial charge in [-0.3, -0.25) is 14.9 Å². The van der Waals surface area contributed by atoms with Crippen molar-refractivity contribution in [3.05, 3.63) is 99.4 Å². The van der Waals surface area contributed by atoms with Crippen molar-refractivity contribution >= 4 is 22.2 Å². The largest absolute Gasteiger partial charge is 0.392 e. The van der Waals surface area contributed by atoms with Crippen LogP contribution in [0.25, 0.3) is 32.6 Å². The number of pyridine rings is 2. The Kier molecular flexibility index (Phi) is 7.13. The standard InChI is InChI=1S/C34H35N5OS/c1-21-24(16-31-33-25(9-13-36-31)15-23(17-37-33)19-39-14-11-26(40)20-39)5-3-6-27(21)28-7-4-8-29(22(28)2)34-38-30-10-12-35-18-32(30)41-34/h3-9,13,15,17,26,35,40H,10-12,14,16,18-20H2,1-2H3/t26-/m1/s1. The molecule has 1 fully saturated rings. The van der Waals surface area contributed by atoms with Crippen molar-refractivity contribution in [3.63, 3.8) is 0 Å². The highest BCUT2D eigenvalue weighted by atomic mass is 32.1. The number of aromatic nitrogens is 3. The van der Waals surface area contributed by atoms with Crippen molar-refractivity contribution in [1.82, 2.24) is 25.2 Å². The smallest absolute Gasteiger partial charge is 0.124 e. The summed E-state index contributed by atoms with van der Waals surface area (Å²) in [5.74, 6) is 0. The van der Waals surface area contributed by atoms with Crippen LogP contribution in [0.3, 0.4) is 0 Å². The van der Waals surface area contributed by atoms with Crippen LogP contribution in [0.1, 0.15) is 44.9 Å². The van der Waals surface area contributed by atoms with Crippen LogP contribution in [0.15, 0.2) is 60.9 Å². The number of hydrogen-bond donors (Lipinski definition) is 2. The normalized spacial score (nSPS) is 17.3. The number of nitrogens with zero attached hydrogens (tertiary/aromatic N) is 4. The lowest BCUT2D eigenvalue weighted by Crippen LogP contribution is -2.22. The Morgan fingerprint density at radius 3 is 2.68 bits per heavy atom. The average Bonchev–Trinajstić information content (AvgIpc) is 3.60. The lowest BCUT2D eigenvalue weighted by molar-refractivity contribution is 0.175. The first kappa shape index (κ1) is 26.4. The fourth-order valence-electron chi connectivity index (χ4n) is 6.34. The molecule has 2 aliphatic heterocycles. The van der Waals surface area contributed by atoms with Gasteiger partial charge in [0, 0.05) is 73.8 Å². The van der Waals surface area contributed by atoms with E-state index in [0.29, 0.717) is 0 Å². The van der Waals surface area contributed by atoms with Crippen LogP contribution in [0.4, 0.5) is 0 Å². The van der Waals surface area contributed by atoms with Crippen LogP contribution >= 0.6 is 11.3 Å². The van der Waals surface area contributed by atoms with E-state index in [-0.39, 0.29) is 6.10 Å². The number of thiazole rings is 1. The Labute approximate surface area is 245 Å². The molecule has 6 nitrogen and oxygen atoms in total. The minimum absolute atomic E-state index is 0.209. The highest BCUT2D eigenvalue weighted by Gasteiger charge is 2.21. The molecule has 0 saturated carbocycles. The zero-order valence-corrected chi connectivity index (χ0v) is 24.5. The first-order chi connectivity index (χ1) is 20.0. The van der Waals surface area contributed by atoms with Crippen molar-refractivity contribution in [3.8, 4) is 21.7 Å². The van der Waals surface area contributed by atoms with E-state index in [1.807, 2.05) is 23.7 Å².